The second-order valence-corrected chi connectivity index (χ2v) is 6.79. The maximum Gasteiger partial charge on any atom is 0.343 e. The summed E-state index contributed by atoms with van der Waals surface area (Å²) < 4.78 is 54.4. The molecule has 0 aliphatic heterocycles. The van der Waals surface area contributed by atoms with Gasteiger partial charge in [0.2, 0.25) is 5.43 Å². The number of fused-ring (bicyclic) bond motifs is 1. The molecule has 0 N–H and O–H groups in total. The van der Waals surface area contributed by atoms with E-state index in [9.17, 15) is 23.2 Å². The summed E-state index contributed by atoms with van der Waals surface area (Å²) >= 11 is 0. The summed E-state index contributed by atoms with van der Waals surface area (Å²) in [6.45, 7) is 1.25. The molecular weight excluding hydrogens is 441 g/mol. The van der Waals surface area contributed by atoms with E-state index in [1.54, 1.807) is 6.07 Å². The fourth-order valence-corrected chi connectivity index (χ4v) is 3.18. The van der Waals surface area contributed by atoms with Crippen LogP contribution in [0.15, 0.2) is 41.3 Å². The van der Waals surface area contributed by atoms with Gasteiger partial charge in [0.1, 0.15) is 23.8 Å². The number of aromatic nitrogens is 1. The lowest BCUT2D eigenvalue weighted by Crippen LogP contribution is -2.22. The van der Waals surface area contributed by atoms with Gasteiger partial charge in [-0.3, -0.25) is 9.59 Å². The predicted octanol–water partition coefficient (Wildman–Crippen LogP) is 3.58. The number of rotatable bonds is 7. The number of halogens is 3. The fourth-order valence-electron chi connectivity index (χ4n) is 3.18. The van der Waals surface area contributed by atoms with Crippen LogP contribution in [0.25, 0.3) is 16.6 Å². The molecule has 0 amide bonds. The topological polar surface area (TPSA) is 98.4 Å². The van der Waals surface area contributed by atoms with Crippen LogP contribution in [0.1, 0.15) is 29.3 Å². The van der Waals surface area contributed by atoms with E-state index < -0.39 is 63.3 Å². The molecule has 0 aliphatic carbocycles. The van der Waals surface area contributed by atoms with Gasteiger partial charge in [-0.15, -0.1) is 0 Å². The van der Waals surface area contributed by atoms with Crippen molar-refractivity contribution < 1.29 is 32.2 Å². The van der Waals surface area contributed by atoms with Crippen molar-refractivity contribution in [2.75, 3.05) is 13.2 Å². The van der Waals surface area contributed by atoms with Crippen molar-refractivity contribution in [3.05, 3.63) is 75.3 Å². The van der Waals surface area contributed by atoms with E-state index in [-0.39, 0.29) is 25.3 Å². The molecule has 0 unspecified atom stereocenters. The Morgan fingerprint density at radius 1 is 1.12 bits per heavy atom. The zero-order chi connectivity index (χ0) is 24.1. The van der Waals surface area contributed by atoms with Crippen LogP contribution in [0.4, 0.5) is 13.2 Å². The molecule has 3 aromatic rings. The van der Waals surface area contributed by atoms with Crippen LogP contribution in [0.3, 0.4) is 0 Å². The van der Waals surface area contributed by atoms with Crippen LogP contribution in [-0.4, -0.2) is 29.7 Å². The van der Waals surface area contributed by atoms with Gasteiger partial charge in [0.15, 0.2) is 5.82 Å². The minimum atomic E-state index is -1.22. The van der Waals surface area contributed by atoms with Crippen LogP contribution in [-0.2, 0) is 20.7 Å². The van der Waals surface area contributed by atoms with Crippen LogP contribution < -0.4 is 5.43 Å². The Hall–Kier alpha value is -4.13. The van der Waals surface area contributed by atoms with E-state index in [4.69, 9.17) is 14.7 Å². The minimum Gasteiger partial charge on any atom is -0.464 e. The Morgan fingerprint density at radius 3 is 2.45 bits per heavy atom. The van der Waals surface area contributed by atoms with E-state index in [0.717, 1.165) is 29.0 Å². The minimum absolute atomic E-state index is 0.0393. The van der Waals surface area contributed by atoms with Crippen molar-refractivity contribution in [1.29, 1.82) is 5.26 Å². The summed E-state index contributed by atoms with van der Waals surface area (Å²) in [7, 11) is 0. The highest BCUT2D eigenvalue weighted by Gasteiger charge is 2.24. The number of hydrogen-bond acceptors (Lipinski definition) is 6. The second kappa shape index (κ2) is 9.99. The molecule has 0 saturated heterocycles. The number of carbonyl (C=O) groups is 2. The number of hydrogen-bond donors (Lipinski definition) is 0. The van der Waals surface area contributed by atoms with E-state index >= 15 is 4.39 Å². The SMILES string of the molecule is CCOC(=O)c1cn(-c2ccc(F)cc2)c2c(F)c(CC(=O)OCCC#N)c(F)cc2c1=O. The molecule has 0 aliphatic rings. The van der Waals surface area contributed by atoms with Crippen LogP contribution in [0, 0.1) is 28.8 Å². The van der Waals surface area contributed by atoms with Gasteiger partial charge in [-0.25, -0.2) is 18.0 Å². The van der Waals surface area contributed by atoms with Crippen LogP contribution in [0.2, 0.25) is 0 Å². The van der Waals surface area contributed by atoms with Crippen molar-refractivity contribution in [2.24, 2.45) is 0 Å². The fraction of sp³-hybridized carbons (Fsp3) is 0.217. The third-order valence-corrected chi connectivity index (χ3v) is 4.67. The van der Waals surface area contributed by atoms with Gasteiger partial charge in [0.05, 0.1) is 36.4 Å². The van der Waals surface area contributed by atoms with Crippen LogP contribution in [0.5, 0.6) is 0 Å². The Bertz CT molecular complexity index is 1330. The zero-order valence-electron chi connectivity index (χ0n) is 17.4. The first-order valence-electron chi connectivity index (χ1n) is 9.80. The molecule has 10 heteroatoms. The highest BCUT2D eigenvalue weighted by Crippen LogP contribution is 2.26. The average Bonchev–Trinajstić information content (AvgIpc) is 2.78. The first-order chi connectivity index (χ1) is 15.8. The Balaban J connectivity index is 2.26. The molecule has 170 valence electrons. The molecular formula is C23H17F3N2O5. The quantitative estimate of drug-likeness (QED) is 0.397. The van der Waals surface area contributed by atoms with E-state index in [2.05, 4.69) is 0 Å². The molecule has 7 nitrogen and oxygen atoms in total. The molecule has 1 aromatic heterocycles. The van der Waals surface area contributed by atoms with E-state index in [0.29, 0.717) is 0 Å². The first kappa shape index (κ1) is 23.5. The first-order valence-corrected chi connectivity index (χ1v) is 9.80. The molecule has 2 aromatic carbocycles. The number of carbonyl (C=O) groups excluding carboxylic acids is 2. The molecule has 0 spiro atoms. The molecule has 0 saturated carbocycles. The lowest BCUT2D eigenvalue weighted by atomic mass is 10.0. The summed E-state index contributed by atoms with van der Waals surface area (Å²) in [6, 6.07) is 7.19. The van der Waals surface area contributed by atoms with Gasteiger partial charge < -0.3 is 14.0 Å². The van der Waals surface area contributed by atoms with Crippen LogP contribution >= 0.6 is 0 Å². The van der Waals surface area contributed by atoms with Crippen molar-refractivity contribution in [2.45, 2.75) is 19.8 Å². The number of pyridine rings is 1. The lowest BCUT2D eigenvalue weighted by Gasteiger charge is -2.16. The number of ether oxygens (including phenoxy) is 2. The monoisotopic (exact) mass is 458 g/mol. The Kier molecular flexibility index (Phi) is 7.13. The number of nitrogens with zero attached hydrogens (tertiary/aromatic N) is 2. The largest absolute Gasteiger partial charge is 0.464 e. The summed E-state index contributed by atoms with van der Waals surface area (Å²) in [5.74, 6) is -4.96. The maximum atomic E-state index is 15.5. The zero-order valence-corrected chi connectivity index (χ0v) is 17.4. The van der Waals surface area contributed by atoms with Crippen molar-refractivity contribution in [1.82, 2.24) is 4.57 Å². The Morgan fingerprint density at radius 2 is 1.82 bits per heavy atom. The van der Waals surface area contributed by atoms with Crippen molar-refractivity contribution in [3.8, 4) is 11.8 Å². The smallest absolute Gasteiger partial charge is 0.343 e. The van der Waals surface area contributed by atoms with E-state index in [1.165, 1.54) is 19.1 Å². The normalized spacial score (nSPS) is 10.6. The average molecular weight is 458 g/mol. The van der Waals surface area contributed by atoms with Gasteiger partial charge in [0.25, 0.3) is 0 Å². The maximum absolute atomic E-state index is 15.5. The highest BCUT2D eigenvalue weighted by atomic mass is 19.1. The van der Waals surface area contributed by atoms with Gasteiger partial charge in [0, 0.05) is 17.4 Å². The third-order valence-electron chi connectivity index (χ3n) is 4.67. The van der Waals surface area contributed by atoms with E-state index in [1.807, 2.05) is 0 Å². The van der Waals surface area contributed by atoms with Crippen molar-refractivity contribution in [3.63, 3.8) is 0 Å². The van der Waals surface area contributed by atoms with Gasteiger partial charge in [-0.1, -0.05) is 0 Å². The summed E-state index contributed by atoms with van der Waals surface area (Å²) in [5, 5.41) is 8.03. The number of benzene rings is 2. The molecule has 0 radical (unpaired) electrons. The lowest BCUT2D eigenvalue weighted by molar-refractivity contribution is -0.142. The number of nitriles is 1. The Labute approximate surface area is 185 Å². The second-order valence-electron chi connectivity index (χ2n) is 6.79. The standard InChI is InChI=1S/C23H17F3N2O5/c1-2-32-23(31)17-12-28(14-6-4-13(24)5-7-14)21-16(22(17)30)10-18(25)15(20(21)26)11-19(29)33-9-3-8-27/h4-7,10,12H,2-3,9,11H2,1H3. The molecule has 3 rings (SSSR count). The molecule has 1 heterocycles. The number of esters is 2. The molecule has 0 bridgehead atoms. The van der Waals surface area contributed by atoms with Crippen molar-refractivity contribution >= 4 is 22.8 Å². The highest BCUT2D eigenvalue weighted by molar-refractivity contribution is 5.95. The third kappa shape index (κ3) is 4.87. The van der Waals surface area contributed by atoms with Gasteiger partial charge in [-0.2, -0.15) is 5.26 Å². The predicted molar refractivity (Wildman–Crippen MR) is 110 cm³/mol. The summed E-state index contributed by atoms with van der Waals surface area (Å²) in [5.41, 5.74) is -2.36. The summed E-state index contributed by atoms with van der Waals surface area (Å²) in [6.07, 6.45) is 0.136. The molecule has 33 heavy (non-hydrogen) atoms. The summed E-state index contributed by atoms with van der Waals surface area (Å²) in [4.78, 5) is 37.1. The molecule has 0 fully saturated rings. The van der Waals surface area contributed by atoms with Gasteiger partial charge in [-0.05, 0) is 37.3 Å². The molecule has 0 atom stereocenters. The van der Waals surface area contributed by atoms with Gasteiger partial charge >= 0.3 is 11.9 Å².